The van der Waals surface area contributed by atoms with Gasteiger partial charge in [-0.1, -0.05) is 47.5 Å². The van der Waals surface area contributed by atoms with Crippen molar-refractivity contribution in [1.29, 1.82) is 0 Å². The highest BCUT2D eigenvalue weighted by Crippen LogP contribution is 2.53. The van der Waals surface area contributed by atoms with Crippen LogP contribution in [-0.2, 0) is 0 Å². The second kappa shape index (κ2) is 4.48. The van der Waals surface area contributed by atoms with Gasteiger partial charge in [0.2, 0.25) is 0 Å². The first-order valence-corrected chi connectivity index (χ1v) is 6.11. The molecule has 0 aromatic rings. The fourth-order valence-corrected chi connectivity index (χ4v) is 3.12. The molecular formula is C13H26. The van der Waals surface area contributed by atoms with Crippen molar-refractivity contribution in [3.8, 4) is 0 Å². The van der Waals surface area contributed by atoms with Crippen LogP contribution in [0.15, 0.2) is 0 Å². The summed E-state index contributed by atoms with van der Waals surface area (Å²) in [6, 6.07) is 0. The zero-order valence-electron chi connectivity index (χ0n) is 10.0. The molecule has 0 radical (unpaired) electrons. The van der Waals surface area contributed by atoms with E-state index in [1.165, 1.54) is 19.3 Å². The number of hydrogen-bond donors (Lipinski definition) is 0. The SMILES string of the molecule is CCC(C)CC(C)C1C(C)C1CC. The molecule has 1 saturated carbocycles. The van der Waals surface area contributed by atoms with Gasteiger partial charge in [-0.3, -0.25) is 0 Å². The molecule has 78 valence electrons. The number of rotatable bonds is 5. The molecule has 5 atom stereocenters. The van der Waals surface area contributed by atoms with Crippen molar-refractivity contribution in [2.45, 2.75) is 53.9 Å². The van der Waals surface area contributed by atoms with Crippen LogP contribution in [0.3, 0.4) is 0 Å². The summed E-state index contributed by atoms with van der Waals surface area (Å²) in [6.07, 6.45) is 4.20. The van der Waals surface area contributed by atoms with Gasteiger partial charge in [0.25, 0.3) is 0 Å². The Morgan fingerprint density at radius 1 is 1.15 bits per heavy atom. The molecule has 0 heteroatoms. The third-order valence-corrected chi connectivity index (χ3v) is 4.24. The average Bonchev–Trinajstić information content (AvgIpc) is 2.76. The third kappa shape index (κ3) is 2.48. The van der Waals surface area contributed by atoms with Gasteiger partial charge in [0.05, 0.1) is 0 Å². The topological polar surface area (TPSA) is 0 Å². The lowest BCUT2D eigenvalue weighted by molar-refractivity contribution is 0.351. The molecule has 1 rings (SSSR count). The van der Waals surface area contributed by atoms with Crippen molar-refractivity contribution in [2.24, 2.45) is 29.6 Å². The Hall–Kier alpha value is 0. The Balaban J connectivity index is 2.29. The fourth-order valence-electron chi connectivity index (χ4n) is 3.12. The maximum Gasteiger partial charge on any atom is -0.0329 e. The predicted molar refractivity (Wildman–Crippen MR) is 59.7 cm³/mol. The maximum atomic E-state index is 2.46. The average molecular weight is 182 g/mol. The van der Waals surface area contributed by atoms with E-state index in [2.05, 4.69) is 34.6 Å². The van der Waals surface area contributed by atoms with Crippen LogP contribution in [0.2, 0.25) is 0 Å². The Bertz CT molecular complexity index is 150. The van der Waals surface area contributed by atoms with Crippen molar-refractivity contribution < 1.29 is 0 Å². The minimum absolute atomic E-state index is 0.931. The summed E-state index contributed by atoms with van der Waals surface area (Å²) >= 11 is 0. The van der Waals surface area contributed by atoms with Gasteiger partial charge in [0.15, 0.2) is 0 Å². The summed E-state index contributed by atoms with van der Waals surface area (Å²) in [4.78, 5) is 0. The Kier molecular flexibility index (Phi) is 3.82. The van der Waals surface area contributed by atoms with Crippen LogP contribution in [0, 0.1) is 29.6 Å². The van der Waals surface area contributed by atoms with Gasteiger partial charge >= 0.3 is 0 Å². The molecule has 0 saturated heterocycles. The fraction of sp³-hybridized carbons (Fsp3) is 1.00. The Morgan fingerprint density at radius 2 is 1.77 bits per heavy atom. The van der Waals surface area contributed by atoms with E-state index in [-0.39, 0.29) is 0 Å². The molecular weight excluding hydrogens is 156 g/mol. The lowest BCUT2D eigenvalue weighted by Gasteiger charge is -2.15. The van der Waals surface area contributed by atoms with Crippen molar-refractivity contribution >= 4 is 0 Å². The Morgan fingerprint density at radius 3 is 2.15 bits per heavy atom. The maximum absolute atomic E-state index is 2.46. The highest BCUT2D eigenvalue weighted by Gasteiger charge is 2.47. The third-order valence-electron chi connectivity index (χ3n) is 4.24. The van der Waals surface area contributed by atoms with E-state index in [0.717, 1.165) is 29.6 Å². The quantitative estimate of drug-likeness (QED) is 0.593. The minimum Gasteiger partial charge on any atom is -0.0651 e. The van der Waals surface area contributed by atoms with E-state index < -0.39 is 0 Å². The zero-order chi connectivity index (χ0) is 10.0. The zero-order valence-corrected chi connectivity index (χ0v) is 10.0. The molecule has 5 unspecified atom stereocenters. The molecule has 0 bridgehead atoms. The van der Waals surface area contributed by atoms with Gasteiger partial charge in [-0.05, 0) is 36.0 Å². The molecule has 0 heterocycles. The lowest BCUT2D eigenvalue weighted by atomic mass is 9.90. The molecule has 0 N–H and O–H groups in total. The van der Waals surface area contributed by atoms with E-state index in [1.807, 2.05) is 0 Å². The van der Waals surface area contributed by atoms with Crippen LogP contribution in [0.5, 0.6) is 0 Å². The van der Waals surface area contributed by atoms with Crippen LogP contribution >= 0.6 is 0 Å². The standard InChI is InChI=1S/C13H26/c1-6-9(3)8-10(4)13-11(5)12(13)7-2/h9-13H,6-8H2,1-5H3. The van der Waals surface area contributed by atoms with Gasteiger partial charge in [0, 0.05) is 0 Å². The van der Waals surface area contributed by atoms with Crippen LogP contribution in [0.25, 0.3) is 0 Å². The van der Waals surface area contributed by atoms with Gasteiger partial charge in [0.1, 0.15) is 0 Å². The summed E-state index contributed by atoms with van der Waals surface area (Å²) in [5, 5.41) is 0. The molecule has 0 spiro atoms. The van der Waals surface area contributed by atoms with Crippen molar-refractivity contribution in [2.75, 3.05) is 0 Å². The van der Waals surface area contributed by atoms with Crippen molar-refractivity contribution in [1.82, 2.24) is 0 Å². The minimum atomic E-state index is 0.931. The highest BCUT2D eigenvalue weighted by molar-refractivity contribution is 4.95. The van der Waals surface area contributed by atoms with Crippen LogP contribution in [0.1, 0.15) is 53.9 Å². The lowest BCUT2D eigenvalue weighted by Crippen LogP contribution is -2.06. The first-order chi connectivity index (χ1) is 6.11. The highest BCUT2D eigenvalue weighted by atomic mass is 14.5. The monoisotopic (exact) mass is 182 g/mol. The first kappa shape index (κ1) is 11.1. The van der Waals surface area contributed by atoms with Gasteiger partial charge in [-0.2, -0.15) is 0 Å². The van der Waals surface area contributed by atoms with Gasteiger partial charge < -0.3 is 0 Å². The first-order valence-electron chi connectivity index (χ1n) is 6.11. The molecule has 1 aliphatic carbocycles. The smallest absolute Gasteiger partial charge is 0.0329 e. The van der Waals surface area contributed by atoms with Crippen LogP contribution in [0.4, 0.5) is 0 Å². The molecule has 0 nitrogen and oxygen atoms in total. The molecule has 0 aromatic heterocycles. The van der Waals surface area contributed by atoms with E-state index in [4.69, 9.17) is 0 Å². The number of hydrogen-bond acceptors (Lipinski definition) is 0. The normalized spacial score (nSPS) is 37.2. The van der Waals surface area contributed by atoms with Crippen LogP contribution < -0.4 is 0 Å². The molecule has 1 aliphatic rings. The van der Waals surface area contributed by atoms with Gasteiger partial charge in [-0.25, -0.2) is 0 Å². The summed E-state index contributed by atoms with van der Waals surface area (Å²) in [7, 11) is 0. The molecule has 0 aliphatic heterocycles. The van der Waals surface area contributed by atoms with Crippen molar-refractivity contribution in [3.63, 3.8) is 0 Å². The van der Waals surface area contributed by atoms with E-state index in [1.54, 1.807) is 0 Å². The molecule has 13 heavy (non-hydrogen) atoms. The summed E-state index contributed by atoms with van der Waals surface area (Å²) < 4.78 is 0. The largest absolute Gasteiger partial charge is 0.0651 e. The molecule has 0 aromatic carbocycles. The van der Waals surface area contributed by atoms with Gasteiger partial charge in [-0.15, -0.1) is 0 Å². The predicted octanol–water partition coefficient (Wildman–Crippen LogP) is 4.35. The van der Waals surface area contributed by atoms with E-state index in [9.17, 15) is 0 Å². The second-order valence-electron chi connectivity index (χ2n) is 5.23. The molecule has 0 amide bonds. The molecule has 1 fully saturated rings. The van der Waals surface area contributed by atoms with Crippen molar-refractivity contribution in [3.05, 3.63) is 0 Å². The van der Waals surface area contributed by atoms with E-state index in [0.29, 0.717) is 0 Å². The summed E-state index contributed by atoms with van der Waals surface area (Å²) in [6.45, 7) is 11.9. The van der Waals surface area contributed by atoms with Crippen LogP contribution in [-0.4, -0.2) is 0 Å². The second-order valence-corrected chi connectivity index (χ2v) is 5.23. The summed E-state index contributed by atoms with van der Waals surface area (Å²) in [5.74, 6) is 5.03. The Labute approximate surface area is 84.1 Å². The summed E-state index contributed by atoms with van der Waals surface area (Å²) in [5.41, 5.74) is 0. The van der Waals surface area contributed by atoms with E-state index >= 15 is 0 Å².